The summed E-state index contributed by atoms with van der Waals surface area (Å²) in [6, 6.07) is 9.85. The van der Waals surface area contributed by atoms with Gasteiger partial charge in [0, 0.05) is 11.6 Å². The molecule has 0 spiro atoms. The number of nitrogens with zero attached hydrogens (tertiary/aromatic N) is 3. The SMILES string of the molecule is c1ccc2c(NCc3ccn[nH]3)ncnc2c1. The van der Waals surface area contributed by atoms with Crippen LogP contribution in [0.25, 0.3) is 10.9 Å². The van der Waals surface area contributed by atoms with E-state index >= 15 is 0 Å². The van der Waals surface area contributed by atoms with Crippen molar-refractivity contribution >= 4 is 16.7 Å². The van der Waals surface area contributed by atoms with Gasteiger partial charge in [0.05, 0.1) is 17.8 Å². The van der Waals surface area contributed by atoms with Crippen LogP contribution in [0, 0.1) is 0 Å². The normalized spacial score (nSPS) is 10.6. The van der Waals surface area contributed by atoms with Crippen LogP contribution < -0.4 is 5.32 Å². The molecule has 84 valence electrons. The molecule has 17 heavy (non-hydrogen) atoms. The molecule has 0 fully saturated rings. The fourth-order valence-corrected chi connectivity index (χ4v) is 1.71. The van der Waals surface area contributed by atoms with Crippen molar-refractivity contribution in [3.63, 3.8) is 0 Å². The van der Waals surface area contributed by atoms with Crippen LogP contribution in [-0.4, -0.2) is 20.2 Å². The summed E-state index contributed by atoms with van der Waals surface area (Å²) in [4.78, 5) is 8.47. The van der Waals surface area contributed by atoms with E-state index in [1.165, 1.54) is 0 Å². The lowest BCUT2D eigenvalue weighted by Crippen LogP contribution is -2.02. The van der Waals surface area contributed by atoms with Gasteiger partial charge in [0.1, 0.15) is 12.1 Å². The summed E-state index contributed by atoms with van der Waals surface area (Å²) in [7, 11) is 0. The number of aromatic amines is 1. The molecule has 0 aliphatic rings. The molecule has 0 amide bonds. The molecule has 0 aliphatic heterocycles. The standard InChI is InChI=1S/C12H11N5/c1-2-4-11-10(3-1)12(15-8-14-11)13-7-9-5-6-16-17-9/h1-6,8H,7H2,(H,16,17)(H,13,14,15). The molecule has 5 nitrogen and oxygen atoms in total. The van der Waals surface area contributed by atoms with Crippen molar-refractivity contribution in [1.82, 2.24) is 20.2 Å². The van der Waals surface area contributed by atoms with Gasteiger partial charge in [0.2, 0.25) is 0 Å². The summed E-state index contributed by atoms with van der Waals surface area (Å²) in [5, 5.41) is 11.1. The first kappa shape index (κ1) is 9.77. The van der Waals surface area contributed by atoms with Crippen molar-refractivity contribution in [1.29, 1.82) is 0 Å². The van der Waals surface area contributed by atoms with Crippen LogP contribution in [0.15, 0.2) is 42.9 Å². The van der Waals surface area contributed by atoms with Crippen molar-refractivity contribution in [3.8, 4) is 0 Å². The van der Waals surface area contributed by atoms with Gasteiger partial charge in [-0.3, -0.25) is 5.10 Å². The van der Waals surface area contributed by atoms with Crippen LogP contribution in [0.5, 0.6) is 0 Å². The highest BCUT2D eigenvalue weighted by atomic mass is 15.1. The lowest BCUT2D eigenvalue weighted by atomic mass is 10.2. The zero-order chi connectivity index (χ0) is 11.5. The molecular weight excluding hydrogens is 214 g/mol. The maximum absolute atomic E-state index is 4.25. The van der Waals surface area contributed by atoms with Gasteiger partial charge in [-0.05, 0) is 18.2 Å². The predicted octanol–water partition coefficient (Wildman–Crippen LogP) is 1.96. The number of aromatic nitrogens is 4. The summed E-state index contributed by atoms with van der Waals surface area (Å²) in [5.41, 5.74) is 1.96. The quantitative estimate of drug-likeness (QED) is 0.715. The molecule has 3 rings (SSSR count). The topological polar surface area (TPSA) is 66.5 Å². The van der Waals surface area contributed by atoms with Crippen molar-refractivity contribution in [3.05, 3.63) is 48.5 Å². The minimum absolute atomic E-state index is 0.668. The largest absolute Gasteiger partial charge is 0.364 e. The number of H-pyrrole nitrogens is 1. The van der Waals surface area contributed by atoms with Gasteiger partial charge in [0.25, 0.3) is 0 Å². The number of para-hydroxylation sites is 1. The lowest BCUT2D eigenvalue weighted by Gasteiger charge is -2.06. The Kier molecular flexibility index (Phi) is 2.42. The van der Waals surface area contributed by atoms with Crippen LogP contribution in [0.3, 0.4) is 0 Å². The summed E-state index contributed by atoms with van der Waals surface area (Å²) < 4.78 is 0. The van der Waals surface area contributed by atoms with E-state index in [1.54, 1.807) is 12.5 Å². The number of nitrogens with one attached hydrogen (secondary N) is 2. The van der Waals surface area contributed by atoms with Crippen LogP contribution in [0.1, 0.15) is 5.69 Å². The maximum atomic E-state index is 4.25. The number of anilines is 1. The van der Waals surface area contributed by atoms with Crippen LogP contribution >= 0.6 is 0 Å². The average Bonchev–Trinajstić information content (AvgIpc) is 2.89. The van der Waals surface area contributed by atoms with Gasteiger partial charge in [-0.25, -0.2) is 9.97 Å². The molecule has 0 bridgehead atoms. The molecule has 0 saturated heterocycles. The van der Waals surface area contributed by atoms with Gasteiger partial charge in [-0.15, -0.1) is 0 Å². The molecule has 5 heteroatoms. The van der Waals surface area contributed by atoms with E-state index in [0.717, 1.165) is 22.4 Å². The highest BCUT2D eigenvalue weighted by Crippen LogP contribution is 2.18. The number of hydrogen-bond acceptors (Lipinski definition) is 4. The summed E-state index contributed by atoms with van der Waals surface area (Å²) in [6.45, 7) is 0.668. The van der Waals surface area contributed by atoms with E-state index in [0.29, 0.717) is 6.54 Å². The van der Waals surface area contributed by atoms with Crippen LogP contribution in [-0.2, 0) is 6.54 Å². The molecule has 1 aromatic carbocycles. The van der Waals surface area contributed by atoms with Crippen LogP contribution in [0.2, 0.25) is 0 Å². The predicted molar refractivity (Wildman–Crippen MR) is 65.5 cm³/mol. The third kappa shape index (κ3) is 1.94. The fourth-order valence-electron chi connectivity index (χ4n) is 1.71. The number of benzene rings is 1. The first-order chi connectivity index (χ1) is 8.43. The Bertz CT molecular complexity index is 612. The Morgan fingerprint density at radius 3 is 2.94 bits per heavy atom. The second-order valence-electron chi connectivity index (χ2n) is 3.67. The average molecular weight is 225 g/mol. The van der Waals surface area contributed by atoms with Crippen molar-refractivity contribution < 1.29 is 0 Å². The lowest BCUT2D eigenvalue weighted by molar-refractivity contribution is 0.974. The van der Waals surface area contributed by atoms with E-state index in [2.05, 4.69) is 25.5 Å². The first-order valence-electron chi connectivity index (χ1n) is 5.35. The molecule has 0 saturated carbocycles. The summed E-state index contributed by atoms with van der Waals surface area (Å²) in [6.07, 6.45) is 3.30. The Morgan fingerprint density at radius 2 is 2.06 bits per heavy atom. The second kappa shape index (κ2) is 4.21. The molecule has 2 heterocycles. The molecular formula is C12H11N5. The monoisotopic (exact) mass is 225 g/mol. The summed E-state index contributed by atoms with van der Waals surface area (Å²) in [5.74, 6) is 0.838. The maximum Gasteiger partial charge on any atom is 0.137 e. The van der Waals surface area contributed by atoms with Gasteiger partial charge in [0.15, 0.2) is 0 Å². The smallest absolute Gasteiger partial charge is 0.137 e. The Labute approximate surface area is 97.9 Å². The van der Waals surface area contributed by atoms with E-state index in [9.17, 15) is 0 Å². The van der Waals surface area contributed by atoms with E-state index in [-0.39, 0.29) is 0 Å². The van der Waals surface area contributed by atoms with Crippen molar-refractivity contribution in [2.45, 2.75) is 6.54 Å². The Hall–Kier alpha value is -2.43. The first-order valence-corrected chi connectivity index (χ1v) is 5.35. The third-order valence-electron chi connectivity index (χ3n) is 2.55. The van der Waals surface area contributed by atoms with Gasteiger partial charge < -0.3 is 5.32 Å². The van der Waals surface area contributed by atoms with E-state index in [4.69, 9.17) is 0 Å². The molecule has 0 atom stereocenters. The number of fused-ring (bicyclic) bond motifs is 1. The highest BCUT2D eigenvalue weighted by Gasteiger charge is 2.02. The molecule has 2 N–H and O–H groups in total. The molecule has 0 unspecified atom stereocenters. The molecule has 0 aliphatic carbocycles. The number of hydrogen-bond donors (Lipinski definition) is 2. The van der Waals surface area contributed by atoms with Crippen molar-refractivity contribution in [2.75, 3.05) is 5.32 Å². The second-order valence-corrected chi connectivity index (χ2v) is 3.67. The van der Waals surface area contributed by atoms with E-state index < -0.39 is 0 Å². The third-order valence-corrected chi connectivity index (χ3v) is 2.55. The van der Waals surface area contributed by atoms with E-state index in [1.807, 2.05) is 30.3 Å². The zero-order valence-corrected chi connectivity index (χ0v) is 9.09. The minimum atomic E-state index is 0.668. The minimum Gasteiger partial charge on any atom is -0.364 e. The molecule has 0 radical (unpaired) electrons. The van der Waals surface area contributed by atoms with Gasteiger partial charge in [-0.2, -0.15) is 5.10 Å². The van der Waals surface area contributed by atoms with Gasteiger partial charge >= 0.3 is 0 Å². The zero-order valence-electron chi connectivity index (χ0n) is 9.09. The Morgan fingerprint density at radius 1 is 1.12 bits per heavy atom. The summed E-state index contributed by atoms with van der Waals surface area (Å²) >= 11 is 0. The number of rotatable bonds is 3. The van der Waals surface area contributed by atoms with Crippen molar-refractivity contribution in [2.24, 2.45) is 0 Å². The van der Waals surface area contributed by atoms with Crippen LogP contribution in [0.4, 0.5) is 5.82 Å². The molecule has 3 aromatic rings. The van der Waals surface area contributed by atoms with Gasteiger partial charge in [-0.1, -0.05) is 12.1 Å². The highest BCUT2D eigenvalue weighted by molar-refractivity contribution is 5.88. The Balaban J connectivity index is 1.90. The molecule has 2 aromatic heterocycles. The fraction of sp³-hybridized carbons (Fsp3) is 0.0833.